The second kappa shape index (κ2) is 9.47. The largest absolute Gasteiger partial charge is 0.465 e. The summed E-state index contributed by atoms with van der Waals surface area (Å²) in [5, 5.41) is 11.1. The molecule has 146 valence electrons. The molecule has 2 rings (SSSR count). The van der Waals surface area contributed by atoms with Crippen molar-refractivity contribution >= 4 is 45.6 Å². The molecule has 2 aromatic rings. The van der Waals surface area contributed by atoms with Crippen LogP contribution in [0.2, 0.25) is 0 Å². The number of rotatable bonds is 7. The molecule has 0 aliphatic rings. The first-order valence-electron chi connectivity index (χ1n) is 8.21. The molecule has 0 saturated heterocycles. The van der Waals surface area contributed by atoms with Crippen LogP contribution in [0.5, 0.6) is 0 Å². The molecule has 0 radical (unpaired) electrons. The van der Waals surface area contributed by atoms with Gasteiger partial charge in [-0.25, -0.2) is 9.59 Å². The van der Waals surface area contributed by atoms with Crippen molar-refractivity contribution in [3.8, 4) is 0 Å². The van der Waals surface area contributed by atoms with E-state index in [1.807, 2.05) is 24.0 Å². The second-order valence-corrected chi connectivity index (χ2v) is 7.19. The van der Waals surface area contributed by atoms with E-state index in [0.717, 1.165) is 29.9 Å². The average Bonchev–Trinajstić information content (AvgIpc) is 3.20. The average molecular weight is 411 g/mol. The summed E-state index contributed by atoms with van der Waals surface area (Å²) in [5.74, 6) is -1.05. The smallest absolute Gasteiger partial charge is 0.348 e. The maximum Gasteiger partial charge on any atom is 0.348 e. The lowest BCUT2D eigenvalue weighted by atomic mass is 10.1. The van der Waals surface area contributed by atoms with Gasteiger partial charge in [-0.1, -0.05) is 0 Å². The highest BCUT2D eigenvalue weighted by Crippen LogP contribution is 2.34. The van der Waals surface area contributed by atoms with Crippen molar-refractivity contribution in [2.75, 3.05) is 26.1 Å². The number of hydrogen-bond acceptors (Lipinski definition) is 7. The van der Waals surface area contributed by atoms with E-state index in [9.17, 15) is 9.59 Å². The van der Waals surface area contributed by atoms with Crippen molar-refractivity contribution in [3.63, 3.8) is 0 Å². The second-order valence-electron chi connectivity index (χ2n) is 5.76. The molecule has 0 unspecified atom stereocenters. The van der Waals surface area contributed by atoms with Crippen LogP contribution < -0.4 is 10.6 Å². The first kappa shape index (κ1) is 20.8. The van der Waals surface area contributed by atoms with Gasteiger partial charge in [-0.2, -0.15) is 5.10 Å². The normalized spacial score (nSPS) is 10.4. The van der Waals surface area contributed by atoms with Crippen LogP contribution in [0.3, 0.4) is 0 Å². The standard InChI is InChI=1S/C17H22N4O4S2/c1-10-8-19-21(9-10)7-5-6-18-17(26)20-14-12(15(22)24-3)11(2)13(27-14)16(23)25-4/h8-9H,5-7H2,1-4H3,(H2,18,20,26). The van der Waals surface area contributed by atoms with Crippen LogP contribution >= 0.6 is 23.6 Å². The van der Waals surface area contributed by atoms with Crippen molar-refractivity contribution in [1.82, 2.24) is 15.1 Å². The molecule has 0 fully saturated rings. The highest BCUT2D eigenvalue weighted by atomic mass is 32.1. The van der Waals surface area contributed by atoms with E-state index in [1.165, 1.54) is 14.2 Å². The maximum atomic E-state index is 12.1. The van der Waals surface area contributed by atoms with E-state index in [-0.39, 0.29) is 5.56 Å². The van der Waals surface area contributed by atoms with E-state index >= 15 is 0 Å². The summed E-state index contributed by atoms with van der Waals surface area (Å²) in [6.45, 7) is 5.06. The van der Waals surface area contributed by atoms with Crippen LogP contribution in [0.15, 0.2) is 12.4 Å². The van der Waals surface area contributed by atoms with Crippen molar-refractivity contribution in [2.45, 2.75) is 26.8 Å². The van der Waals surface area contributed by atoms with E-state index in [4.69, 9.17) is 21.7 Å². The third-order valence-corrected chi connectivity index (χ3v) is 5.18. The molecule has 0 bridgehead atoms. The van der Waals surface area contributed by atoms with Crippen molar-refractivity contribution in [1.29, 1.82) is 0 Å². The number of thiophene rings is 1. The van der Waals surface area contributed by atoms with Crippen LogP contribution in [-0.4, -0.2) is 47.6 Å². The molecule has 10 heteroatoms. The fraction of sp³-hybridized carbons (Fsp3) is 0.412. The molecule has 0 saturated carbocycles. The van der Waals surface area contributed by atoms with Crippen molar-refractivity contribution < 1.29 is 19.1 Å². The molecule has 8 nitrogen and oxygen atoms in total. The van der Waals surface area contributed by atoms with Crippen LogP contribution in [-0.2, 0) is 16.0 Å². The van der Waals surface area contributed by atoms with Crippen molar-refractivity contribution in [2.24, 2.45) is 0 Å². The molecule has 0 atom stereocenters. The maximum absolute atomic E-state index is 12.1. The number of nitrogens with one attached hydrogen (secondary N) is 2. The zero-order valence-corrected chi connectivity index (χ0v) is 17.3. The number of nitrogens with zero attached hydrogens (tertiary/aromatic N) is 2. The minimum absolute atomic E-state index is 0.277. The van der Waals surface area contributed by atoms with Gasteiger partial charge < -0.3 is 20.1 Å². The number of aryl methyl sites for hydroxylation is 2. The Morgan fingerprint density at radius 3 is 2.56 bits per heavy atom. The monoisotopic (exact) mass is 410 g/mol. The van der Waals surface area contributed by atoms with Gasteiger partial charge in [0.05, 0.1) is 26.0 Å². The van der Waals surface area contributed by atoms with E-state index < -0.39 is 11.9 Å². The van der Waals surface area contributed by atoms with Crippen LogP contribution in [0.4, 0.5) is 5.00 Å². The van der Waals surface area contributed by atoms with Gasteiger partial charge in [-0.15, -0.1) is 11.3 Å². The van der Waals surface area contributed by atoms with Crippen LogP contribution in [0.1, 0.15) is 37.6 Å². The Kier molecular flexibility index (Phi) is 7.31. The fourth-order valence-electron chi connectivity index (χ4n) is 2.42. The lowest BCUT2D eigenvalue weighted by molar-refractivity contribution is 0.0601. The predicted octanol–water partition coefficient (Wildman–Crippen LogP) is 2.51. The number of thiocarbonyl (C=S) groups is 1. The topological polar surface area (TPSA) is 94.5 Å². The molecule has 2 N–H and O–H groups in total. The molecule has 27 heavy (non-hydrogen) atoms. The van der Waals surface area contributed by atoms with Crippen molar-refractivity contribution in [3.05, 3.63) is 34.0 Å². The SMILES string of the molecule is COC(=O)c1sc(NC(=S)NCCCn2cc(C)cn2)c(C(=O)OC)c1C. The van der Waals surface area contributed by atoms with Gasteiger partial charge in [0.15, 0.2) is 5.11 Å². The van der Waals surface area contributed by atoms with Gasteiger partial charge in [0.25, 0.3) is 0 Å². The molecule has 2 heterocycles. The van der Waals surface area contributed by atoms with Gasteiger partial charge in [-0.3, -0.25) is 4.68 Å². The quantitative estimate of drug-likeness (QED) is 0.409. The number of ether oxygens (including phenoxy) is 2. The summed E-state index contributed by atoms with van der Waals surface area (Å²) in [7, 11) is 2.58. The zero-order chi connectivity index (χ0) is 20.0. The Morgan fingerprint density at radius 1 is 1.26 bits per heavy atom. The highest BCUT2D eigenvalue weighted by molar-refractivity contribution is 7.80. The number of aromatic nitrogens is 2. The molecule has 2 aromatic heterocycles. The Labute approximate surface area is 166 Å². The van der Waals surface area contributed by atoms with E-state index in [1.54, 1.807) is 6.92 Å². The Hall–Kier alpha value is -2.46. The predicted molar refractivity (Wildman–Crippen MR) is 108 cm³/mol. The number of hydrogen-bond donors (Lipinski definition) is 2. The summed E-state index contributed by atoms with van der Waals surface area (Å²) in [6, 6.07) is 0. The lowest BCUT2D eigenvalue weighted by Crippen LogP contribution is -2.30. The molecule has 0 spiro atoms. The Balaban J connectivity index is 1.99. The summed E-state index contributed by atoms with van der Waals surface area (Å²) in [6.07, 6.45) is 4.61. The van der Waals surface area contributed by atoms with E-state index in [0.29, 0.717) is 27.1 Å². The molecular weight excluding hydrogens is 388 g/mol. The number of methoxy groups -OCH3 is 2. The minimum Gasteiger partial charge on any atom is -0.465 e. The molecular formula is C17H22N4O4S2. The lowest BCUT2D eigenvalue weighted by Gasteiger charge is -2.10. The number of anilines is 1. The summed E-state index contributed by atoms with van der Waals surface area (Å²) < 4.78 is 11.4. The van der Waals surface area contributed by atoms with Gasteiger partial charge >= 0.3 is 11.9 Å². The number of esters is 2. The first-order chi connectivity index (χ1) is 12.9. The molecule has 0 amide bonds. The highest BCUT2D eigenvalue weighted by Gasteiger charge is 2.26. The Morgan fingerprint density at radius 2 is 1.96 bits per heavy atom. The summed E-state index contributed by atoms with van der Waals surface area (Å²) in [5.41, 5.74) is 1.89. The van der Waals surface area contributed by atoms with Gasteiger partial charge in [0.1, 0.15) is 9.88 Å². The summed E-state index contributed by atoms with van der Waals surface area (Å²) in [4.78, 5) is 24.3. The number of carbonyl (C=O) groups excluding carboxylic acids is 2. The van der Waals surface area contributed by atoms with Gasteiger partial charge in [0, 0.05) is 19.3 Å². The zero-order valence-electron chi connectivity index (χ0n) is 15.6. The third-order valence-electron chi connectivity index (χ3n) is 3.75. The molecule has 0 aliphatic heterocycles. The summed E-state index contributed by atoms with van der Waals surface area (Å²) >= 11 is 6.39. The minimum atomic E-state index is -0.543. The fourth-order valence-corrected chi connectivity index (χ4v) is 3.80. The first-order valence-corrected chi connectivity index (χ1v) is 9.43. The van der Waals surface area contributed by atoms with Crippen LogP contribution in [0, 0.1) is 13.8 Å². The van der Waals surface area contributed by atoms with Crippen LogP contribution in [0.25, 0.3) is 0 Å². The Bertz CT molecular complexity index is 844. The molecule has 0 aliphatic carbocycles. The van der Waals surface area contributed by atoms with E-state index in [2.05, 4.69) is 15.7 Å². The van der Waals surface area contributed by atoms with Gasteiger partial charge in [0.2, 0.25) is 0 Å². The van der Waals surface area contributed by atoms with Gasteiger partial charge in [-0.05, 0) is 43.6 Å². The number of carbonyl (C=O) groups is 2. The molecule has 0 aromatic carbocycles. The third kappa shape index (κ3) is 5.27.